The molecule has 44 heavy (non-hydrogen) atoms. The lowest BCUT2D eigenvalue weighted by Gasteiger charge is -2.39. The van der Waals surface area contributed by atoms with E-state index in [1.54, 1.807) is 11.0 Å². The van der Waals surface area contributed by atoms with Crippen LogP contribution in [0.15, 0.2) is 24.7 Å². The average Bonchev–Trinajstić information content (AvgIpc) is 3.48. The molecule has 5 heterocycles. The van der Waals surface area contributed by atoms with Crippen molar-refractivity contribution in [3.63, 3.8) is 0 Å². The van der Waals surface area contributed by atoms with Gasteiger partial charge in [0, 0.05) is 56.7 Å². The first kappa shape index (κ1) is 29.9. The molecule has 2 aliphatic heterocycles. The molecule has 3 aromatic rings. The number of nitrogen functional groups attached to an aromatic ring is 1. The van der Waals surface area contributed by atoms with Crippen molar-refractivity contribution in [2.24, 2.45) is 11.8 Å². The van der Waals surface area contributed by atoms with Gasteiger partial charge in [-0.1, -0.05) is 0 Å². The number of alkyl halides is 6. The number of nitrogens with two attached hydrogens (primary N) is 1. The summed E-state index contributed by atoms with van der Waals surface area (Å²) in [5.74, 6) is -6.46. The van der Waals surface area contributed by atoms with Gasteiger partial charge in [-0.2, -0.15) is 18.3 Å². The van der Waals surface area contributed by atoms with E-state index >= 15 is 0 Å². The molecule has 6 rings (SSSR count). The van der Waals surface area contributed by atoms with E-state index in [-0.39, 0.29) is 50.0 Å². The fraction of sp³-hybridized carbons (Fsp3) is 0.519. The molecule has 3 aliphatic rings. The number of carbonyl (C=O) groups excluding carboxylic acids is 2. The Morgan fingerprint density at radius 1 is 1.14 bits per heavy atom. The number of methoxy groups -OCH3 is 1. The molecule has 17 heteroatoms. The molecule has 2 unspecified atom stereocenters. The first-order valence-electron chi connectivity index (χ1n) is 13.8. The lowest BCUT2D eigenvalue weighted by molar-refractivity contribution is -0.210. The zero-order valence-electron chi connectivity index (χ0n) is 23.3. The number of ether oxygens (including phenoxy) is 1. The summed E-state index contributed by atoms with van der Waals surface area (Å²) in [5.41, 5.74) is 7.80. The molecule has 2 atom stereocenters. The highest BCUT2D eigenvalue weighted by Crippen LogP contribution is 2.43. The average molecular weight is 627 g/mol. The van der Waals surface area contributed by atoms with Crippen LogP contribution < -0.4 is 15.8 Å². The molecule has 0 spiro atoms. The van der Waals surface area contributed by atoms with Gasteiger partial charge in [0.2, 0.25) is 17.7 Å². The molecule has 0 radical (unpaired) electrons. The van der Waals surface area contributed by atoms with Crippen molar-refractivity contribution >= 4 is 23.1 Å². The van der Waals surface area contributed by atoms with E-state index in [9.17, 15) is 35.9 Å². The second-order valence-corrected chi connectivity index (χ2v) is 11.5. The van der Waals surface area contributed by atoms with Gasteiger partial charge >= 0.3 is 6.18 Å². The van der Waals surface area contributed by atoms with Crippen LogP contribution in [0.3, 0.4) is 0 Å². The molecular formula is C27H28F6N8O3. The highest BCUT2D eigenvalue weighted by Gasteiger charge is 2.51. The van der Waals surface area contributed by atoms with Gasteiger partial charge in [-0.3, -0.25) is 14.5 Å². The number of rotatable bonds is 7. The minimum atomic E-state index is -4.28. The number of nitrogens with zero attached hydrogens (tertiary/aromatic N) is 6. The molecule has 236 valence electrons. The van der Waals surface area contributed by atoms with Gasteiger partial charge in [0.05, 0.1) is 31.3 Å². The Morgan fingerprint density at radius 2 is 1.86 bits per heavy atom. The van der Waals surface area contributed by atoms with Crippen molar-refractivity contribution in [1.82, 2.24) is 34.7 Å². The van der Waals surface area contributed by atoms with Crippen LogP contribution in [0.1, 0.15) is 28.8 Å². The lowest BCUT2D eigenvalue weighted by Crippen LogP contribution is -2.52. The first-order valence-corrected chi connectivity index (χ1v) is 13.8. The Hall–Kier alpha value is -4.15. The zero-order valence-corrected chi connectivity index (χ0v) is 23.3. The summed E-state index contributed by atoms with van der Waals surface area (Å²) < 4.78 is 87.1. The number of aromatic nitrogens is 4. The molecule has 1 saturated carbocycles. The van der Waals surface area contributed by atoms with E-state index in [0.29, 0.717) is 22.3 Å². The Kier molecular flexibility index (Phi) is 7.33. The molecule has 2 amide bonds. The summed E-state index contributed by atoms with van der Waals surface area (Å²) >= 11 is 0. The third-order valence-corrected chi connectivity index (χ3v) is 8.38. The van der Waals surface area contributed by atoms with Crippen molar-refractivity contribution in [2.45, 2.75) is 43.7 Å². The number of hydrogen-bond donors (Lipinski definition) is 2. The smallest absolute Gasteiger partial charge is 0.394 e. The summed E-state index contributed by atoms with van der Waals surface area (Å²) in [4.78, 5) is 36.9. The predicted molar refractivity (Wildman–Crippen MR) is 142 cm³/mol. The standard InChI is InChI=1S/C27H28F6N8O3/c1-44-24-17(23(42)38-19-11-40(10-18(19)28)25(43)15-4-26(29,30)5-15)2-13(6-35-24)20-3-14(21-22(34)36-12-37-41(20)21)7-39-8-16(9-39)27(31,32)33/h2-3,6,12,15-16,18-19H,4-5,7-11H2,1H3,(H,38,42)(H2,34,36,37). The molecule has 1 aliphatic carbocycles. The highest BCUT2D eigenvalue weighted by molar-refractivity contribution is 5.98. The minimum absolute atomic E-state index is 0.0603. The summed E-state index contributed by atoms with van der Waals surface area (Å²) in [6, 6.07) is 2.02. The molecule has 0 aromatic carbocycles. The number of anilines is 1. The molecule has 2 saturated heterocycles. The minimum Gasteiger partial charge on any atom is -0.480 e. The maximum Gasteiger partial charge on any atom is 0.394 e. The second kappa shape index (κ2) is 10.8. The Morgan fingerprint density at radius 3 is 2.52 bits per heavy atom. The number of likely N-dealkylation sites (tertiary alicyclic amines) is 2. The van der Waals surface area contributed by atoms with Gasteiger partial charge in [-0.15, -0.1) is 0 Å². The molecule has 0 bridgehead atoms. The summed E-state index contributed by atoms with van der Waals surface area (Å²) in [7, 11) is 1.29. The lowest BCUT2D eigenvalue weighted by atomic mass is 9.80. The second-order valence-electron chi connectivity index (χ2n) is 11.5. The number of amides is 2. The van der Waals surface area contributed by atoms with E-state index < -0.39 is 60.8 Å². The van der Waals surface area contributed by atoms with Crippen molar-refractivity contribution in [2.75, 3.05) is 39.0 Å². The quantitative estimate of drug-likeness (QED) is 0.383. The largest absolute Gasteiger partial charge is 0.480 e. The third-order valence-electron chi connectivity index (χ3n) is 8.38. The van der Waals surface area contributed by atoms with Crippen LogP contribution in [0.2, 0.25) is 0 Å². The molecule has 11 nitrogen and oxygen atoms in total. The topological polar surface area (TPSA) is 131 Å². The molecular weight excluding hydrogens is 598 g/mol. The Bertz CT molecular complexity index is 1600. The van der Waals surface area contributed by atoms with Crippen molar-refractivity contribution in [1.29, 1.82) is 0 Å². The summed E-state index contributed by atoms with van der Waals surface area (Å²) in [6.07, 6.45) is -4.44. The first-order chi connectivity index (χ1) is 20.7. The monoisotopic (exact) mass is 626 g/mol. The van der Waals surface area contributed by atoms with Crippen LogP contribution in [-0.4, -0.2) is 98.8 Å². The van der Waals surface area contributed by atoms with Crippen LogP contribution in [0, 0.1) is 11.8 Å². The number of halogens is 6. The van der Waals surface area contributed by atoms with Crippen LogP contribution in [-0.2, 0) is 11.3 Å². The van der Waals surface area contributed by atoms with Crippen molar-refractivity contribution in [3.8, 4) is 17.1 Å². The number of hydrogen-bond acceptors (Lipinski definition) is 8. The van der Waals surface area contributed by atoms with Crippen LogP contribution in [0.5, 0.6) is 5.88 Å². The van der Waals surface area contributed by atoms with Gasteiger partial charge < -0.3 is 20.7 Å². The maximum atomic E-state index is 14.9. The van der Waals surface area contributed by atoms with Gasteiger partial charge in [0.1, 0.15) is 23.6 Å². The van der Waals surface area contributed by atoms with Gasteiger partial charge in [-0.25, -0.2) is 27.7 Å². The number of pyridine rings is 1. The maximum absolute atomic E-state index is 14.9. The fourth-order valence-electron chi connectivity index (χ4n) is 5.96. The zero-order chi connectivity index (χ0) is 31.6. The third kappa shape index (κ3) is 5.48. The highest BCUT2D eigenvalue weighted by atomic mass is 19.4. The van der Waals surface area contributed by atoms with E-state index in [2.05, 4.69) is 20.4 Å². The predicted octanol–water partition coefficient (Wildman–Crippen LogP) is 2.70. The van der Waals surface area contributed by atoms with Gasteiger partial charge in [0.15, 0.2) is 5.82 Å². The normalized spacial score (nSPS) is 22.6. The fourth-order valence-corrected chi connectivity index (χ4v) is 5.96. The van der Waals surface area contributed by atoms with Gasteiger partial charge in [0.25, 0.3) is 5.91 Å². The van der Waals surface area contributed by atoms with Crippen LogP contribution >= 0.6 is 0 Å². The molecule has 3 fully saturated rings. The summed E-state index contributed by atoms with van der Waals surface area (Å²) in [5, 5.41) is 6.80. The molecule has 3 aromatic heterocycles. The van der Waals surface area contributed by atoms with Crippen LogP contribution in [0.25, 0.3) is 16.8 Å². The van der Waals surface area contributed by atoms with Crippen molar-refractivity contribution in [3.05, 3.63) is 35.8 Å². The van der Waals surface area contributed by atoms with E-state index in [4.69, 9.17) is 10.5 Å². The number of fused-ring (bicyclic) bond motifs is 1. The SMILES string of the molecule is COc1ncc(-c2cc(CN3CC(C(F)(F)F)C3)c3c(N)ncnn23)cc1C(=O)NC1CN(C(=O)C2CC(F)(F)C2)CC1F. The van der Waals surface area contributed by atoms with Crippen molar-refractivity contribution < 1.29 is 40.7 Å². The number of carbonyl (C=O) groups is 2. The summed E-state index contributed by atoms with van der Waals surface area (Å²) in [6.45, 7) is -0.687. The Balaban J connectivity index is 1.22. The van der Waals surface area contributed by atoms with Gasteiger partial charge in [-0.05, 0) is 17.7 Å². The van der Waals surface area contributed by atoms with Crippen LogP contribution in [0.4, 0.5) is 32.2 Å². The number of nitrogens with one attached hydrogen (secondary N) is 1. The molecule has 3 N–H and O–H groups in total. The Labute approximate surface area is 246 Å². The van der Waals surface area contributed by atoms with E-state index in [0.717, 1.165) is 4.90 Å². The van der Waals surface area contributed by atoms with E-state index in [1.165, 1.54) is 30.2 Å². The van der Waals surface area contributed by atoms with E-state index in [1.807, 2.05) is 0 Å².